The lowest BCUT2D eigenvalue weighted by Crippen LogP contribution is -2.51. The summed E-state index contributed by atoms with van der Waals surface area (Å²) in [6.07, 6.45) is 5.28. The number of hydrogen-bond acceptors (Lipinski definition) is 6. The predicted octanol–water partition coefficient (Wildman–Crippen LogP) is 2.33. The van der Waals surface area contributed by atoms with Gasteiger partial charge in [0.15, 0.2) is 0 Å². The van der Waals surface area contributed by atoms with Crippen molar-refractivity contribution in [3.63, 3.8) is 0 Å². The van der Waals surface area contributed by atoms with Gasteiger partial charge in [-0.05, 0) is 17.7 Å². The predicted molar refractivity (Wildman–Crippen MR) is 130 cm³/mol. The normalized spacial score (nSPS) is 14.9. The summed E-state index contributed by atoms with van der Waals surface area (Å²) in [5.74, 6) is 0.581. The first-order valence-electron chi connectivity index (χ1n) is 10.7. The molecule has 2 aromatic rings. The van der Waals surface area contributed by atoms with Gasteiger partial charge in [-0.15, -0.1) is 0 Å². The minimum Gasteiger partial charge on any atom is -0.497 e. The number of carbonyl (C=O) groups is 1. The van der Waals surface area contributed by atoms with Crippen LogP contribution in [0.25, 0.3) is 6.08 Å². The lowest BCUT2D eigenvalue weighted by molar-refractivity contribution is -0.131. The van der Waals surface area contributed by atoms with Crippen LogP contribution in [0.2, 0.25) is 0 Å². The third kappa shape index (κ3) is 6.72. The van der Waals surface area contributed by atoms with E-state index in [-0.39, 0.29) is 18.1 Å². The number of amides is 1. The summed E-state index contributed by atoms with van der Waals surface area (Å²) in [5.41, 5.74) is 1.43. The second-order valence-corrected chi connectivity index (χ2v) is 9.71. The molecule has 1 saturated heterocycles. The maximum Gasteiger partial charge on any atom is 0.243 e. The van der Waals surface area contributed by atoms with E-state index in [9.17, 15) is 13.2 Å². The van der Waals surface area contributed by atoms with E-state index in [4.69, 9.17) is 9.47 Å². The topological polar surface area (TPSA) is 79.4 Å². The monoisotopic (exact) mass is 473 g/mol. The van der Waals surface area contributed by atoms with Crippen molar-refractivity contribution >= 4 is 27.7 Å². The lowest BCUT2D eigenvalue weighted by atomic mass is 10.2. The van der Waals surface area contributed by atoms with Crippen molar-refractivity contribution in [1.29, 1.82) is 0 Å². The van der Waals surface area contributed by atoms with E-state index >= 15 is 0 Å². The Morgan fingerprint density at radius 3 is 2.33 bits per heavy atom. The Morgan fingerprint density at radius 2 is 1.73 bits per heavy atom. The van der Waals surface area contributed by atoms with Gasteiger partial charge in [-0.1, -0.05) is 42.5 Å². The second-order valence-electron chi connectivity index (χ2n) is 7.80. The average molecular weight is 474 g/mol. The first kappa shape index (κ1) is 24.6. The van der Waals surface area contributed by atoms with Crippen LogP contribution in [0.1, 0.15) is 5.56 Å². The highest BCUT2D eigenvalue weighted by Crippen LogP contribution is 2.33. The summed E-state index contributed by atoms with van der Waals surface area (Å²) in [7, 11) is -0.774. The Labute approximate surface area is 196 Å². The molecule has 0 unspecified atom stereocenters. The van der Waals surface area contributed by atoms with Gasteiger partial charge in [0.2, 0.25) is 15.9 Å². The van der Waals surface area contributed by atoms with Crippen LogP contribution in [-0.2, 0) is 14.8 Å². The number of anilines is 1. The molecule has 2 aromatic carbocycles. The van der Waals surface area contributed by atoms with Crippen molar-refractivity contribution in [3.05, 3.63) is 60.2 Å². The van der Waals surface area contributed by atoms with E-state index in [0.29, 0.717) is 24.6 Å². The molecule has 1 amide bonds. The highest BCUT2D eigenvalue weighted by molar-refractivity contribution is 7.92. The molecule has 0 spiro atoms. The number of piperazine rings is 1. The summed E-state index contributed by atoms with van der Waals surface area (Å²) >= 11 is 0. The molecule has 33 heavy (non-hydrogen) atoms. The molecule has 0 N–H and O–H groups in total. The number of sulfonamides is 1. The Kier molecular flexibility index (Phi) is 8.35. The fourth-order valence-electron chi connectivity index (χ4n) is 3.68. The van der Waals surface area contributed by atoms with Gasteiger partial charge < -0.3 is 14.4 Å². The van der Waals surface area contributed by atoms with Crippen LogP contribution in [-0.4, -0.2) is 83.9 Å². The van der Waals surface area contributed by atoms with Gasteiger partial charge in [0, 0.05) is 38.8 Å². The fourth-order valence-corrected chi connectivity index (χ4v) is 4.52. The van der Waals surface area contributed by atoms with Crippen LogP contribution >= 0.6 is 0 Å². The summed E-state index contributed by atoms with van der Waals surface area (Å²) in [6.45, 7) is 3.05. The van der Waals surface area contributed by atoms with Crippen molar-refractivity contribution in [2.24, 2.45) is 0 Å². The van der Waals surface area contributed by atoms with Gasteiger partial charge in [-0.2, -0.15) is 0 Å². The van der Waals surface area contributed by atoms with E-state index < -0.39 is 10.0 Å². The molecular weight excluding hydrogens is 442 g/mol. The summed E-state index contributed by atoms with van der Waals surface area (Å²) in [6, 6.07) is 15.0. The largest absolute Gasteiger partial charge is 0.497 e. The van der Waals surface area contributed by atoms with E-state index in [1.807, 2.05) is 18.2 Å². The second kappa shape index (κ2) is 11.2. The molecule has 3 rings (SSSR count). The molecule has 1 aliphatic heterocycles. The van der Waals surface area contributed by atoms with Crippen molar-refractivity contribution in [3.8, 4) is 11.5 Å². The van der Waals surface area contributed by atoms with Crippen LogP contribution in [0.15, 0.2) is 54.6 Å². The maximum atomic E-state index is 13.0. The highest BCUT2D eigenvalue weighted by Gasteiger charge is 2.28. The zero-order chi connectivity index (χ0) is 23.8. The van der Waals surface area contributed by atoms with Crippen LogP contribution in [0.4, 0.5) is 5.69 Å². The number of methoxy groups -OCH3 is 2. The molecule has 1 fully saturated rings. The van der Waals surface area contributed by atoms with E-state index in [1.165, 1.54) is 14.2 Å². The van der Waals surface area contributed by atoms with Crippen LogP contribution in [0, 0.1) is 0 Å². The molecule has 1 heterocycles. The number of nitrogens with zero attached hydrogens (tertiary/aromatic N) is 3. The molecular formula is C24H31N3O5S. The molecule has 0 bridgehead atoms. The Morgan fingerprint density at radius 1 is 1.03 bits per heavy atom. The smallest absolute Gasteiger partial charge is 0.243 e. The van der Waals surface area contributed by atoms with Crippen LogP contribution in [0.3, 0.4) is 0 Å². The van der Waals surface area contributed by atoms with E-state index in [2.05, 4.69) is 29.2 Å². The zero-order valence-corrected chi connectivity index (χ0v) is 20.1. The third-order valence-corrected chi connectivity index (χ3v) is 6.66. The molecule has 0 aromatic heterocycles. The van der Waals surface area contributed by atoms with Gasteiger partial charge in [-0.25, -0.2) is 8.42 Å². The van der Waals surface area contributed by atoms with Crippen molar-refractivity contribution in [1.82, 2.24) is 9.80 Å². The SMILES string of the molecule is COc1ccc(OC)c(N(CC(=O)N2CCN(C/C=C/c3ccccc3)CC2)S(C)(=O)=O)c1. The first-order valence-corrected chi connectivity index (χ1v) is 12.6. The zero-order valence-electron chi connectivity index (χ0n) is 19.3. The van der Waals surface area contributed by atoms with Crippen LogP contribution in [0.5, 0.6) is 11.5 Å². The number of carbonyl (C=O) groups excluding carboxylic acids is 1. The standard InChI is InChI=1S/C24H31N3O5S/c1-31-21-11-12-23(32-2)22(18-21)27(33(3,29)30)19-24(28)26-16-14-25(15-17-26)13-7-10-20-8-5-4-6-9-20/h4-12,18H,13-17,19H2,1-3H3/b10-7+. The molecule has 1 aliphatic rings. The Bertz CT molecular complexity index is 1060. The molecule has 0 saturated carbocycles. The minimum atomic E-state index is -3.73. The Balaban J connectivity index is 1.62. The van der Waals surface area contributed by atoms with Gasteiger partial charge in [0.05, 0.1) is 26.2 Å². The molecule has 8 nitrogen and oxygen atoms in total. The molecule has 9 heteroatoms. The van der Waals surface area contributed by atoms with E-state index in [0.717, 1.165) is 35.8 Å². The summed E-state index contributed by atoms with van der Waals surface area (Å²) in [4.78, 5) is 17.0. The minimum absolute atomic E-state index is 0.246. The van der Waals surface area contributed by atoms with Gasteiger partial charge in [-0.3, -0.25) is 14.0 Å². The number of benzene rings is 2. The fraction of sp³-hybridized carbons (Fsp3) is 0.375. The van der Waals surface area contributed by atoms with Gasteiger partial charge in [0.1, 0.15) is 18.0 Å². The number of ether oxygens (including phenoxy) is 2. The lowest BCUT2D eigenvalue weighted by Gasteiger charge is -2.35. The third-order valence-electron chi connectivity index (χ3n) is 5.53. The van der Waals surface area contributed by atoms with Gasteiger partial charge in [0.25, 0.3) is 0 Å². The maximum absolute atomic E-state index is 13.0. The molecule has 178 valence electrons. The van der Waals surface area contributed by atoms with Crippen molar-refractivity contribution in [2.45, 2.75) is 0 Å². The number of rotatable bonds is 9. The summed E-state index contributed by atoms with van der Waals surface area (Å²) < 4.78 is 36.7. The van der Waals surface area contributed by atoms with Gasteiger partial charge >= 0.3 is 0 Å². The highest BCUT2D eigenvalue weighted by atomic mass is 32.2. The van der Waals surface area contributed by atoms with E-state index in [1.54, 1.807) is 23.1 Å². The Hall–Kier alpha value is -3.04. The quantitative estimate of drug-likeness (QED) is 0.556. The number of hydrogen-bond donors (Lipinski definition) is 0. The molecule has 0 aliphatic carbocycles. The van der Waals surface area contributed by atoms with Crippen molar-refractivity contribution in [2.75, 3.05) is 64.0 Å². The molecule has 0 radical (unpaired) electrons. The average Bonchev–Trinajstić information content (AvgIpc) is 2.82. The first-order chi connectivity index (χ1) is 15.8. The molecule has 0 atom stereocenters. The van der Waals surface area contributed by atoms with Crippen molar-refractivity contribution < 1.29 is 22.7 Å². The van der Waals surface area contributed by atoms with Crippen LogP contribution < -0.4 is 13.8 Å². The summed E-state index contributed by atoms with van der Waals surface area (Å²) in [5, 5.41) is 0.